The highest BCUT2D eigenvalue weighted by atomic mass is 16.5. The van der Waals surface area contributed by atoms with Gasteiger partial charge < -0.3 is 14.9 Å². The minimum atomic E-state index is -0.940. The molecule has 0 fully saturated rings. The Balaban J connectivity index is 2.66. The molecule has 5 heteroatoms. The van der Waals surface area contributed by atoms with Gasteiger partial charge in [-0.15, -0.1) is 0 Å². The molecule has 1 aromatic carbocycles. The summed E-state index contributed by atoms with van der Waals surface area (Å²) in [4.78, 5) is 10.8. The lowest BCUT2D eigenvalue weighted by Crippen LogP contribution is -2.42. The van der Waals surface area contributed by atoms with E-state index in [0.717, 1.165) is 11.3 Å². The van der Waals surface area contributed by atoms with Crippen molar-refractivity contribution < 1.29 is 19.7 Å². The standard InChI is InChI=1S/C15H23NO4/c1-9(2)20-13-7-5-12(6-8-13)14(17)10(3)16-11(4)15(18)19/h5-11,14,16-17H,1-4H3,(H,18,19). The maximum atomic E-state index is 10.8. The molecule has 1 aromatic rings. The highest BCUT2D eigenvalue weighted by molar-refractivity contribution is 5.72. The third-order valence-electron chi connectivity index (χ3n) is 2.95. The molecule has 5 nitrogen and oxygen atoms in total. The van der Waals surface area contributed by atoms with E-state index in [-0.39, 0.29) is 12.1 Å². The molecule has 0 heterocycles. The molecule has 0 bridgehead atoms. The molecule has 0 aliphatic heterocycles. The highest BCUT2D eigenvalue weighted by Gasteiger charge is 2.21. The van der Waals surface area contributed by atoms with E-state index in [2.05, 4.69) is 5.32 Å². The smallest absolute Gasteiger partial charge is 0.320 e. The second-order valence-corrected chi connectivity index (χ2v) is 5.20. The first kappa shape index (κ1) is 16.5. The number of rotatable bonds is 7. The highest BCUT2D eigenvalue weighted by Crippen LogP contribution is 2.21. The molecule has 0 saturated heterocycles. The van der Waals surface area contributed by atoms with Gasteiger partial charge in [-0.1, -0.05) is 12.1 Å². The van der Waals surface area contributed by atoms with Crippen molar-refractivity contribution in [1.82, 2.24) is 5.32 Å². The maximum Gasteiger partial charge on any atom is 0.320 e. The molecule has 0 spiro atoms. The predicted molar refractivity (Wildman–Crippen MR) is 76.9 cm³/mol. The van der Waals surface area contributed by atoms with Crippen LogP contribution in [0.4, 0.5) is 0 Å². The van der Waals surface area contributed by atoms with Gasteiger partial charge >= 0.3 is 5.97 Å². The monoisotopic (exact) mass is 281 g/mol. The van der Waals surface area contributed by atoms with Crippen LogP contribution >= 0.6 is 0 Å². The second kappa shape index (κ2) is 7.26. The Bertz CT molecular complexity index is 430. The van der Waals surface area contributed by atoms with E-state index in [0.29, 0.717) is 0 Å². The zero-order valence-corrected chi connectivity index (χ0v) is 12.3. The number of aliphatic hydroxyl groups excluding tert-OH is 1. The van der Waals surface area contributed by atoms with E-state index in [4.69, 9.17) is 9.84 Å². The van der Waals surface area contributed by atoms with Gasteiger partial charge in [0, 0.05) is 6.04 Å². The molecule has 0 saturated carbocycles. The summed E-state index contributed by atoms with van der Waals surface area (Å²) in [5.41, 5.74) is 0.721. The molecule has 0 radical (unpaired) electrons. The van der Waals surface area contributed by atoms with Crippen LogP contribution in [0.2, 0.25) is 0 Å². The molecule has 1 rings (SSSR count). The van der Waals surface area contributed by atoms with E-state index in [1.807, 2.05) is 13.8 Å². The normalized spacial score (nSPS) is 15.7. The topological polar surface area (TPSA) is 78.8 Å². The van der Waals surface area contributed by atoms with Crippen molar-refractivity contribution in [1.29, 1.82) is 0 Å². The van der Waals surface area contributed by atoms with Gasteiger partial charge in [0.15, 0.2) is 0 Å². The average molecular weight is 281 g/mol. The Labute approximate surface area is 119 Å². The molecule has 3 N–H and O–H groups in total. The van der Waals surface area contributed by atoms with Crippen LogP contribution in [0.25, 0.3) is 0 Å². The fourth-order valence-corrected chi connectivity index (χ4v) is 1.86. The molecule has 112 valence electrons. The fourth-order valence-electron chi connectivity index (χ4n) is 1.86. The van der Waals surface area contributed by atoms with E-state index >= 15 is 0 Å². The van der Waals surface area contributed by atoms with Gasteiger partial charge in [0.2, 0.25) is 0 Å². The van der Waals surface area contributed by atoms with Crippen LogP contribution in [0.15, 0.2) is 24.3 Å². The fraction of sp³-hybridized carbons (Fsp3) is 0.533. The minimum absolute atomic E-state index is 0.0998. The summed E-state index contributed by atoms with van der Waals surface area (Å²) in [6.07, 6.45) is -0.673. The first-order valence-electron chi connectivity index (χ1n) is 6.74. The molecule has 0 aromatic heterocycles. The van der Waals surface area contributed by atoms with Crippen LogP contribution < -0.4 is 10.1 Å². The number of hydrogen-bond acceptors (Lipinski definition) is 4. The van der Waals surface area contributed by atoms with Crippen molar-refractivity contribution in [2.45, 2.75) is 52.0 Å². The minimum Gasteiger partial charge on any atom is -0.491 e. The van der Waals surface area contributed by atoms with Gasteiger partial charge in [-0.2, -0.15) is 0 Å². The molecule has 3 unspecified atom stereocenters. The average Bonchev–Trinajstić information content (AvgIpc) is 2.37. The van der Waals surface area contributed by atoms with Crippen LogP contribution in [-0.2, 0) is 4.79 Å². The van der Waals surface area contributed by atoms with E-state index in [1.165, 1.54) is 0 Å². The molecular weight excluding hydrogens is 258 g/mol. The second-order valence-electron chi connectivity index (χ2n) is 5.20. The van der Waals surface area contributed by atoms with E-state index < -0.39 is 18.1 Å². The van der Waals surface area contributed by atoms with Crippen LogP contribution in [0, 0.1) is 0 Å². The van der Waals surface area contributed by atoms with Gasteiger partial charge in [-0.25, -0.2) is 0 Å². The SMILES string of the molecule is CC(C)Oc1ccc(C(O)C(C)NC(C)C(=O)O)cc1. The number of carboxylic acids is 1. The van der Waals surface area contributed by atoms with Gasteiger partial charge in [-0.05, 0) is 45.4 Å². The molecule has 0 aliphatic rings. The van der Waals surface area contributed by atoms with Crippen LogP contribution in [-0.4, -0.2) is 34.4 Å². The zero-order valence-electron chi connectivity index (χ0n) is 12.3. The summed E-state index contributed by atoms with van der Waals surface area (Å²) in [6.45, 7) is 7.19. The summed E-state index contributed by atoms with van der Waals surface area (Å²) in [6, 6.07) is 6.09. The number of aliphatic hydroxyl groups is 1. The Morgan fingerprint density at radius 2 is 1.70 bits per heavy atom. The Hall–Kier alpha value is -1.59. The van der Waals surface area contributed by atoms with Gasteiger partial charge in [-0.3, -0.25) is 10.1 Å². The molecule has 0 amide bonds. The lowest BCUT2D eigenvalue weighted by atomic mass is 10.0. The van der Waals surface area contributed by atoms with Crippen molar-refractivity contribution in [2.75, 3.05) is 0 Å². The van der Waals surface area contributed by atoms with Gasteiger partial charge in [0.05, 0.1) is 12.2 Å². The van der Waals surface area contributed by atoms with E-state index in [1.54, 1.807) is 38.1 Å². The summed E-state index contributed by atoms with van der Waals surface area (Å²) < 4.78 is 5.53. The van der Waals surface area contributed by atoms with Crippen molar-refractivity contribution in [3.05, 3.63) is 29.8 Å². The van der Waals surface area contributed by atoms with Crippen molar-refractivity contribution in [3.8, 4) is 5.75 Å². The van der Waals surface area contributed by atoms with Crippen LogP contribution in [0.5, 0.6) is 5.75 Å². The van der Waals surface area contributed by atoms with Crippen molar-refractivity contribution >= 4 is 5.97 Å². The number of nitrogens with one attached hydrogen (secondary N) is 1. The van der Waals surface area contributed by atoms with E-state index in [9.17, 15) is 9.90 Å². The molecule has 20 heavy (non-hydrogen) atoms. The van der Waals surface area contributed by atoms with Gasteiger partial charge in [0.25, 0.3) is 0 Å². The summed E-state index contributed by atoms with van der Waals surface area (Å²) >= 11 is 0. The number of ether oxygens (including phenoxy) is 1. The number of benzene rings is 1. The first-order valence-corrected chi connectivity index (χ1v) is 6.74. The number of carboxylic acid groups (broad SMARTS) is 1. The lowest BCUT2D eigenvalue weighted by Gasteiger charge is -2.23. The summed E-state index contributed by atoms with van der Waals surface area (Å²) in [5, 5.41) is 21.9. The third kappa shape index (κ3) is 4.83. The molecular formula is C15H23NO4. The maximum absolute atomic E-state index is 10.8. The van der Waals surface area contributed by atoms with Gasteiger partial charge in [0.1, 0.15) is 11.8 Å². The number of aliphatic carboxylic acids is 1. The number of carbonyl (C=O) groups is 1. The first-order chi connectivity index (χ1) is 9.31. The van der Waals surface area contributed by atoms with Crippen molar-refractivity contribution in [2.24, 2.45) is 0 Å². The lowest BCUT2D eigenvalue weighted by molar-refractivity contribution is -0.139. The molecule has 0 aliphatic carbocycles. The van der Waals surface area contributed by atoms with Crippen molar-refractivity contribution in [3.63, 3.8) is 0 Å². The Kier molecular flexibility index (Phi) is 5.98. The third-order valence-corrected chi connectivity index (χ3v) is 2.95. The largest absolute Gasteiger partial charge is 0.491 e. The quantitative estimate of drug-likeness (QED) is 0.712. The predicted octanol–water partition coefficient (Wildman–Crippen LogP) is 1.96. The molecule has 3 atom stereocenters. The Morgan fingerprint density at radius 1 is 1.15 bits per heavy atom. The van der Waals surface area contributed by atoms with Crippen LogP contribution in [0.1, 0.15) is 39.4 Å². The summed E-state index contributed by atoms with van der Waals surface area (Å²) in [7, 11) is 0. The Morgan fingerprint density at radius 3 is 2.15 bits per heavy atom. The van der Waals surface area contributed by atoms with Crippen LogP contribution in [0.3, 0.4) is 0 Å². The zero-order chi connectivity index (χ0) is 15.3. The summed E-state index contributed by atoms with van der Waals surface area (Å²) in [5.74, 6) is -0.194. The number of hydrogen-bond donors (Lipinski definition) is 3.